The molecule has 2 N–H and O–H groups in total. The SMILES string of the molecule is CC1(C)[C@H](C(=O)O)[C@@H]1C(=O)NC1CCN(S(C)(=O)=O)CC1. The molecule has 2 rings (SSSR count). The molecule has 7 nitrogen and oxygen atoms in total. The number of nitrogens with zero attached hydrogens (tertiary/aromatic N) is 1. The van der Waals surface area contributed by atoms with E-state index in [9.17, 15) is 18.0 Å². The summed E-state index contributed by atoms with van der Waals surface area (Å²) < 4.78 is 24.2. The quantitative estimate of drug-likeness (QED) is 0.752. The molecule has 1 aliphatic heterocycles. The highest BCUT2D eigenvalue weighted by Gasteiger charge is 2.66. The van der Waals surface area contributed by atoms with E-state index in [0.717, 1.165) is 0 Å². The average molecular weight is 318 g/mol. The fourth-order valence-electron chi connectivity index (χ4n) is 3.21. The number of hydrogen-bond acceptors (Lipinski definition) is 4. The third-order valence-electron chi connectivity index (χ3n) is 4.65. The second kappa shape index (κ2) is 5.24. The molecule has 0 radical (unpaired) electrons. The van der Waals surface area contributed by atoms with Gasteiger partial charge >= 0.3 is 5.97 Å². The van der Waals surface area contributed by atoms with Crippen molar-refractivity contribution < 1.29 is 23.1 Å². The van der Waals surface area contributed by atoms with E-state index in [4.69, 9.17) is 5.11 Å². The molecular formula is C13H22N2O5S. The van der Waals surface area contributed by atoms with Crippen LogP contribution < -0.4 is 5.32 Å². The van der Waals surface area contributed by atoms with E-state index in [1.54, 1.807) is 13.8 Å². The zero-order valence-electron chi connectivity index (χ0n) is 12.5. The standard InChI is InChI=1S/C13H22N2O5S/c1-13(2)9(10(13)12(17)18)11(16)14-8-4-6-15(7-5-8)21(3,19)20/h8-10H,4-7H2,1-3H3,(H,14,16)(H,17,18)/t9-,10+/m1/s1. The van der Waals surface area contributed by atoms with Crippen LogP contribution in [0.25, 0.3) is 0 Å². The zero-order valence-corrected chi connectivity index (χ0v) is 13.3. The number of carboxylic acid groups (broad SMARTS) is 1. The maximum absolute atomic E-state index is 12.2. The van der Waals surface area contributed by atoms with E-state index in [1.807, 2.05) is 0 Å². The molecule has 2 atom stereocenters. The van der Waals surface area contributed by atoms with E-state index in [1.165, 1.54) is 10.6 Å². The average Bonchev–Trinajstić information content (AvgIpc) is 2.92. The number of carbonyl (C=O) groups is 2. The van der Waals surface area contributed by atoms with Gasteiger partial charge in [-0.3, -0.25) is 9.59 Å². The molecule has 0 aromatic heterocycles. The van der Waals surface area contributed by atoms with Crippen LogP contribution in [-0.4, -0.2) is 55.1 Å². The van der Waals surface area contributed by atoms with E-state index in [0.29, 0.717) is 25.9 Å². The van der Waals surface area contributed by atoms with E-state index in [-0.39, 0.29) is 11.9 Å². The Morgan fingerprint density at radius 1 is 1.19 bits per heavy atom. The Hall–Kier alpha value is -1.15. The summed E-state index contributed by atoms with van der Waals surface area (Å²) in [6.07, 6.45) is 2.30. The topological polar surface area (TPSA) is 104 Å². The van der Waals surface area contributed by atoms with Crippen molar-refractivity contribution >= 4 is 21.9 Å². The summed E-state index contributed by atoms with van der Waals surface area (Å²) in [5.74, 6) is -2.30. The Bertz CT molecular complexity index is 549. The molecule has 120 valence electrons. The van der Waals surface area contributed by atoms with Crippen LogP contribution in [0.1, 0.15) is 26.7 Å². The van der Waals surface area contributed by atoms with Crippen molar-refractivity contribution in [2.75, 3.05) is 19.3 Å². The van der Waals surface area contributed by atoms with Crippen LogP contribution >= 0.6 is 0 Å². The van der Waals surface area contributed by atoms with E-state index >= 15 is 0 Å². The Kier molecular flexibility index (Phi) is 4.05. The lowest BCUT2D eigenvalue weighted by atomic mass is 10.1. The molecule has 1 aliphatic carbocycles. The lowest BCUT2D eigenvalue weighted by Gasteiger charge is -2.30. The van der Waals surface area contributed by atoms with Gasteiger partial charge in [-0.05, 0) is 18.3 Å². The minimum Gasteiger partial charge on any atom is -0.481 e. The third-order valence-corrected chi connectivity index (χ3v) is 5.95. The first kappa shape index (κ1) is 16.2. The van der Waals surface area contributed by atoms with Gasteiger partial charge in [0.1, 0.15) is 0 Å². The van der Waals surface area contributed by atoms with Crippen LogP contribution in [0, 0.1) is 17.3 Å². The monoisotopic (exact) mass is 318 g/mol. The Morgan fingerprint density at radius 3 is 2.10 bits per heavy atom. The molecule has 2 aliphatic rings. The third kappa shape index (κ3) is 3.21. The van der Waals surface area contributed by atoms with Gasteiger partial charge in [-0.25, -0.2) is 12.7 Å². The van der Waals surface area contributed by atoms with Crippen LogP contribution in [0.15, 0.2) is 0 Å². The van der Waals surface area contributed by atoms with Gasteiger partial charge in [0.15, 0.2) is 0 Å². The molecule has 2 fully saturated rings. The summed E-state index contributed by atoms with van der Waals surface area (Å²) in [7, 11) is -3.18. The van der Waals surface area contributed by atoms with Crippen molar-refractivity contribution in [1.82, 2.24) is 9.62 Å². The van der Waals surface area contributed by atoms with Crippen molar-refractivity contribution in [2.24, 2.45) is 17.3 Å². The van der Waals surface area contributed by atoms with E-state index < -0.39 is 33.2 Å². The van der Waals surface area contributed by atoms with Crippen LogP contribution in [0.5, 0.6) is 0 Å². The van der Waals surface area contributed by atoms with E-state index in [2.05, 4.69) is 5.32 Å². The predicted octanol–water partition coefficient (Wildman–Crippen LogP) is -0.117. The smallest absolute Gasteiger partial charge is 0.307 e. The molecule has 1 saturated heterocycles. The minimum atomic E-state index is -3.18. The molecule has 0 aromatic carbocycles. The van der Waals surface area contributed by atoms with Crippen molar-refractivity contribution in [3.05, 3.63) is 0 Å². The second-order valence-electron chi connectivity index (χ2n) is 6.56. The lowest BCUT2D eigenvalue weighted by Crippen LogP contribution is -2.46. The number of sulfonamides is 1. The molecule has 0 spiro atoms. The number of aliphatic carboxylic acids is 1. The summed E-state index contributed by atoms with van der Waals surface area (Å²) >= 11 is 0. The normalized spacial score (nSPS) is 29.9. The van der Waals surface area contributed by atoms with Gasteiger partial charge in [-0.1, -0.05) is 13.8 Å². The number of rotatable bonds is 4. The Labute approximate surface area is 124 Å². The van der Waals surface area contributed by atoms with Crippen LogP contribution in [0.3, 0.4) is 0 Å². The largest absolute Gasteiger partial charge is 0.481 e. The zero-order chi connectivity index (χ0) is 16.0. The van der Waals surface area contributed by atoms with Crippen molar-refractivity contribution in [2.45, 2.75) is 32.7 Å². The first-order valence-electron chi connectivity index (χ1n) is 7.03. The highest BCUT2D eigenvalue weighted by Crippen LogP contribution is 2.58. The predicted molar refractivity (Wildman–Crippen MR) is 76.0 cm³/mol. The van der Waals surface area contributed by atoms with Crippen LogP contribution in [0.2, 0.25) is 0 Å². The number of amides is 1. The van der Waals surface area contributed by atoms with Gasteiger partial charge in [-0.15, -0.1) is 0 Å². The molecule has 1 saturated carbocycles. The highest BCUT2D eigenvalue weighted by atomic mass is 32.2. The van der Waals surface area contributed by atoms with Crippen molar-refractivity contribution in [3.8, 4) is 0 Å². The first-order valence-corrected chi connectivity index (χ1v) is 8.88. The fourth-order valence-corrected chi connectivity index (χ4v) is 4.08. The number of hydrogen-bond donors (Lipinski definition) is 2. The van der Waals surface area contributed by atoms with Crippen molar-refractivity contribution in [3.63, 3.8) is 0 Å². The summed E-state index contributed by atoms with van der Waals surface area (Å²) in [6.45, 7) is 4.34. The molecule has 8 heteroatoms. The highest BCUT2D eigenvalue weighted by molar-refractivity contribution is 7.88. The molecule has 0 unspecified atom stereocenters. The molecule has 21 heavy (non-hydrogen) atoms. The lowest BCUT2D eigenvalue weighted by molar-refractivity contribution is -0.140. The minimum absolute atomic E-state index is 0.0821. The Balaban J connectivity index is 1.88. The number of carboxylic acids is 1. The summed E-state index contributed by atoms with van der Waals surface area (Å²) in [5.41, 5.74) is -0.511. The Morgan fingerprint density at radius 2 is 1.71 bits per heavy atom. The number of carbonyl (C=O) groups excluding carboxylic acids is 1. The van der Waals surface area contributed by atoms with Gasteiger partial charge in [0.25, 0.3) is 0 Å². The van der Waals surface area contributed by atoms with Gasteiger partial charge in [0.2, 0.25) is 15.9 Å². The molecular weight excluding hydrogens is 296 g/mol. The summed E-state index contributed by atoms with van der Waals surface area (Å²) in [4.78, 5) is 23.3. The van der Waals surface area contributed by atoms with Gasteiger partial charge in [0.05, 0.1) is 18.1 Å². The van der Waals surface area contributed by atoms with Gasteiger partial charge < -0.3 is 10.4 Å². The maximum atomic E-state index is 12.2. The number of piperidine rings is 1. The van der Waals surface area contributed by atoms with Gasteiger partial charge in [-0.2, -0.15) is 0 Å². The number of nitrogens with one attached hydrogen (secondary N) is 1. The summed E-state index contributed by atoms with van der Waals surface area (Å²) in [6, 6.07) is -0.0821. The fraction of sp³-hybridized carbons (Fsp3) is 0.846. The second-order valence-corrected chi connectivity index (χ2v) is 8.54. The summed E-state index contributed by atoms with van der Waals surface area (Å²) in [5, 5.41) is 12.0. The molecule has 0 bridgehead atoms. The first-order chi connectivity index (χ1) is 9.55. The molecule has 1 amide bonds. The van der Waals surface area contributed by atoms with Crippen LogP contribution in [-0.2, 0) is 19.6 Å². The van der Waals surface area contributed by atoms with Crippen LogP contribution in [0.4, 0.5) is 0 Å². The molecule has 1 heterocycles. The van der Waals surface area contributed by atoms with Crippen molar-refractivity contribution in [1.29, 1.82) is 0 Å². The molecule has 0 aromatic rings. The van der Waals surface area contributed by atoms with Gasteiger partial charge in [0, 0.05) is 19.1 Å². The maximum Gasteiger partial charge on any atom is 0.307 e.